The number of pyridine rings is 1. The van der Waals surface area contributed by atoms with Crippen LogP contribution in [0.1, 0.15) is 62.0 Å². The van der Waals surface area contributed by atoms with Crippen molar-refractivity contribution < 1.29 is 4.79 Å². The van der Waals surface area contributed by atoms with Gasteiger partial charge < -0.3 is 10.2 Å². The fraction of sp³-hybridized carbons (Fsp3) is 0.417. The summed E-state index contributed by atoms with van der Waals surface area (Å²) in [5.74, 6) is -0.0301. The molecule has 1 aromatic carbocycles. The molecule has 2 aromatic rings. The van der Waals surface area contributed by atoms with E-state index in [2.05, 4.69) is 16.4 Å². The summed E-state index contributed by atoms with van der Waals surface area (Å²) >= 11 is 0. The van der Waals surface area contributed by atoms with E-state index < -0.39 is 0 Å². The first-order valence-corrected chi connectivity index (χ1v) is 10.4. The molecule has 0 aliphatic heterocycles. The SMILES string of the molecule is CC(C)N(Cc1ccccc1)C(=O)c1cc(NCCC2=CCCCC2)ccn1. The zero-order chi connectivity index (χ0) is 19.8. The predicted octanol–water partition coefficient (Wildman–Crippen LogP) is 5.43. The van der Waals surface area contributed by atoms with Gasteiger partial charge in [0, 0.05) is 31.0 Å². The van der Waals surface area contributed by atoms with Gasteiger partial charge >= 0.3 is 0 Å². The van der Waals surface area contributed by atoms with E-state index >= 15 is 0 Å². The normalized spacial score (nSPS) is 13.9. The molecule has 1 aromatic heterocycles. The molecule has 4 heteroatoms. The van der Waals surface area contributed by atoms with Gasteiger partial charge in [0.25, 0.3) is 5.91 Å². The first-order chi connectivity index (χ1) is 13.6. The smallest absolute Gasteiger partial charge is 0.273 e. The maximum Gasteiger partial charge on any atom is 0.273 e. The summed E-state index contributed by atoms with van der Waals surface area (Å²) in [5, 5.41) is 3.45. The summed E-state index contributed by atoms with van der Waals surface area (Å²) in [7, 11) is 0. The molecule has 0 atom stereocenters. The Balaban J connectivity index is 1.63. The molecule has 0 radical (unpaired) electrons. The summed E-state index contributed by atoms with van der Waals surface area (Å²) < 4.78 is 0. The lowest BCUT2D eigenvalue weighted by Gasteiger charge is -2.26. The minimum Gasteiger partial charge on any atom is -0.385 e. The number of aromatic nitrogens is 1. The Bertz CT molecular complexity index is 799. The molecule has 1 aliphatic carbocycles. The van der Waals surface area contributed by atoms with E-state index in [0.717, 1.165) is 24.2 Å². The van der Waals surface area contributed by atoms with Crippen LogP contribution in [0.3, 0.4) is 0 Å². The largest absolute Gasteiger partial charge is 0.385 e. The average Bonchev–Trinajstić information content (AvgIpc) is 2.73. The number of nitrogens with one attached hydrogen (secondary N) is 1. The van der Waals surface area contributed by atoms with Gasteiger partial charge in [0.1, 0.15) is 5.69 Å². The van der Waals surface area contributed by atoms with Crippen molar-refractivity contribution in [2.24, 2.45) is 0 Å². The maximum absolute atomic E-state index is 13.1. The van der Waals surface area contributed by atoms with Crippen LogP contribution in [0.5, 0.6) is 0 Å². The highest BCUT2D eigenvalue weighted by Crippen LogP contribution is 2.20. The lowest BCUT2D eigenvalue weighted by Crippen LogP contribution is -2.36. The van der Waals surface area contributed by atoms with E-state index in [4.69, 9.17) is 0 Å². The fourth-order valence-corrected chi connectivity index (χ4v) is 3.57. The van der Waals surface area contributed by atoms with Crippen molar-refractivity contribution in [1.29, 1.82) is 0 Å². The second-order valence-corrected chi connectivity index (χ2v) is 7.73. The number of carbonyl (C=O) groups excluding carboxylic acids is 1. The molecule has 28 heavy (non-hydrogen) atoms. The van der Waals surface area contributed by atoms with Crippen molar-refractivity contribution in [3.05, 3.63) is 71.6 Å². The zero-order valence-corrected chi connectivity index (χ0v) is 17.0. The topological polar surface area (TPSA) is 45.2 Å². The van der Waals surface area contributed by atoms with Crippen LogP contribution in [-0.4, -0.2) is 28.4 Å². The second kappa shape index (κ2) is 10.1. The Morgan fingerprint density at radius 1 is 1.18 bits per heavy atom. The minimum absolute atomic E-state index is 0.0301. The second-order valence-electron chi connectivity index (χ2n) is 7.73. The number of hydrogen-bond donors (Lipinski definition) is 1. The van der Waals surface area contributed by atoms with E-state index in [-0.39, 0.29) is 11.9 Å². The molecule has 148 valence electrons. The number of amides is 1. The number of anilines is 1. The van der Waals surface area contributed by atoms with Crippen molar-refractivity contribution in [2.75, 3.05) is 11.9 Å². The molecule has 0 fully saturated rings. The third-order valence-corrected chi connectivity index (χ3v) is 5.22. The van der Waals surface area contributed by atoms with Gasteiger partial charge in [-0.3, -0.25) is 9.78 Å². The van der Waals surface area contributed by atoms with Crippen molar-refractivity contribution in [3.8, 4) is 0 Å². The third-order valence-electron chi connectivity index (χ3n) is 5.22. The van der Waals surface area contributed by atoms with Crippen LogP contribution in [0.15, 0.2) is 60.3 Å². The van der Waals surface area contributed by atoms with Crippen LogP contribution < -0.4 is 5.32 Å². The van der Waals surface area contributed by atoms with Crippen molar-refractivity contribution in [1.82, 2.24) is 9.88 Å². The first-order valence-electron chi connectivity index (χ1n) is 10.4. The summed E-state index contributed by atoms with van der Waals surface area (Å²) in [4.78, 5) is 19.3. The summed E-state index contributed by atoms with van der Waals surface area (Å²) in [6.45, 7) is 5.56. The number of hydrogen-bond acceptors (Lipinski definition) is 3. The molecule has 0 unspecified atom stereocenters. The van der Waals surface area contributed by atoms with Gasteiger partial charge in [0.05, 0.1) is 0 Å². The Morgan fingerprint density at radius 3 is 2.71 bits per heavy atom. The standard InChI is InChI=1S/C24H31N3O/c1-19(2)27(18-21-11-7-4-8-12-21)24(28)23-17-22(14-16-26-23)25-15-13-20-9-5-3-6-10-20/h4,7-9,11-12,14,16-17,19H,3,5-6,10,13,15,18H2,1-2H3,(H,25,26). The molecule has 0 saturated heterocycles. The fourth-order valence-electron chi connectivity index (χ4n) is 3.57. The molecule has 1 amide bonds. The third kappa shape index (κ3) is 5.69. The van der Waals surface area contributed by atoms with Gasteiger partial charge in [0.15, 0.2) is 0 Å². The highest BCUT2D eigenvalue weighted by Gasteiger charge is 2.20. The molecule has 0 spiro atoms. The number of allylic oxidation sites excluding steroid dienone is 1. The summed E-state index contributed by atoms with van der Waals surface area (Å²) in [6.07, 6.45) is 10.2. The highest BCUT2D eigenvalue weighted by molar-refractivity contribution is 5.93. The van der Waals surface area contributed by atoms with E-state index in [9.17, 15) is 4.79 Å². The van der Waals surface area contributed by atoms with E-state index in [1.165, 1.54) is 25.7 Å². The van der Waals surface area contributed by atoms with Crippen LogP contribution in [0, 0.1) is 0 Å². The molecule has 1 aliphatic rings. The quantitative estimate of drug-likeness (QED) is 0.624. The van der Waals surface area contributed by atoms with Crippen molar-refractivity contribution in [3.63, 3.8) is 0 Å². The first kappa shape index (κ1) is 20.1. The Morgan fingerprint density at radius 2 is 2.00 bits per heavy atom. The molecule has 3 rings (SSSR count). The van der Waals surface area contributed by atoms with E-state index in [1.807, 2.05) is 61.2 Å². The molecular formula is C24H31N3O. The highest BCUT2D eigenvalue weighted by atomic mass is 16.2. The molecule has 0 bridgehead atoms. The predicted molar refractivity (Wildman–Crippen MR) is 115 cm³/mol. The lowest BCUT2D eigenvalue weighted by atomic mass is 9.97. The van der Waals surface area contributed by atoms with Gasteiger partial charge in [-0.1, -0.05) is 42.0 Å². The van der Waals surface area contributed by atoms with Crippen molar-refractivity contribution >= 4 is 11.6 Å². The molecule has 4 nitrogen and oxygen atoms in total. The van der Waals surface area contributed by atoms with E-state index in [0.29, 0.717) is 12.2 Å². The monoisotopic (exact) mass is 377 g/mol. The van der Waals surface area contributed by atoms with Gasteiger partial charge in [-0.05, 0) is 63.6 Å². The van der Waals surface area contributed by atoms with Gasteiger partial charge in [-0.2, -0.15) is 0 Å². The van der Waals surface area contributed by atoms with Crippen LogP contribution in [0.25, 0.3) is 0 Å². The minimum atomic E-state index is -0.0301. The van der Waals surface area contributed by atoms with Gasteiger partial charge in [-0.25, -0.2) is 0 Å². The van der Waals surface area contributed by atoms with Crippen molar-refractivity contribution in [2.45, 2.75) is 58.5 Å². The average molecular weight is 378 g/mol. The Labute approximate surface area is 168 Å². The number of nitrogens with zero attached hydrogens (tertiary/aromatic N) is 2. The summed E-state index contributed by atoms with van der Waals surface area (Å²) in [5.41, 5.74) is 4.13. The Hall–Kier alpha value is -2.62. The summed E-state index contributed by atoms with van der Waals surface area (Å²) in [6, 6.07) is 14.0. The number of carbonyl (C=O) groups is 1. The van der Waals surface area contributed by atoms with Gasteiger partial charge in [-0.15, -0.1) is 0 Å². The lowest BCUT2D eigenvalue weighted by molar-refractivity contribution is 0.0684. The van der Waals surface area contributed by atoms with Crippen LogP contribution >= 0.6 is 0 Å². The number of benzene rings is 1. The molecule has 1 heterocycles. The maximum atomic E-state index is 13.1. The number of rotatable bonds is 8. The molecule has 1 N–H and O–H groups in total. The molecular weight excluding hydrogens is 346 g/mol. The zero-order valence-electron chi connectivity index (χ0n) is 17.0. The van der Waals surface area contributed by atoms with Gasteiger partial charge in [0.2, 0.25) is 0 Å². The van der Waals surface area contributed by atoms with E-state index in [1.54, 1.807) is 11.8 Å². The Kier molecular flexibility index (Phi) is 7.24. The molecule has 0 saturated carbocycles. The van der Waals surface area contributed by atoms with Crippen LogP contribution in [0.2, 0.25) is 0 Å². The van der Waals surface area contributed by atoms with Crippen LogP contribution in [-0.2, 0) is 6.54 Å². The van der Waals surface area contributed by atoms with Crippen LogP contribution in [0.4, 0.5) is 5.69 Å².